The van der Waals surface area contributed by atoms with Gasteiger partial charge in [0.15, 0.2) is 6.10 Å². The summed E-state index contributed by atoms with van der Waals surface area (Å²) in [5, 5.41) is 0. The minimum Gasteiger partial charge on any atom is -0.464 e. The Labute approximate surface area is 141 Å². The summed E-state index contributed by atoms with van der Waals surface area (Å²) in [6, 6.07) is 11.3. The summed E-state index contributed by atoms with van der Waals surface area (Å²) < 4.78 is 10.9. The van der Waals surface area contributed by atoms with Crippen molar-refractivity contribution < 1.29 is 14.3 Å². The quantitative estimate of drug-likeness (QED) is 0.360. The van der Waals surface area contributed by atoms with E-state index in [4.69, 9.17) is 9.47 Å². The van der Waals surface area contributed by atoms with Gasteiger partial charge in [0.05, 0.1) is 13.2 Å². The summed E-state index contributed by atoms with van der Waals surface area (Å²) in [4.78, 5) is 12.0. The monoisotopic (exact) mass is 334 g/mol. The van der Waals surface area contributed by atoms with E-state index >= 15 is 0 Å². The highest BCUT2D eigenvalue weighted by atomic mass is 28.3. The Bertz CT molecular complexity index is 477. The van der Waals surface area contributed by atoms with Gasteiger partial charge in [0, 0.05) is 8.07 Å². The van der Waals surface area contributed by atoms with Crippen LogP contribution in [0.3, 0.4) is 0 Å². The van der Waals surface area contributed by atoms with Gasteiger partial charge >= 0.3 is 5.97 Å². The van der Waals surface area contributed by atoms with E-state index in [0.717, 1.165) is 12.5 Å². The molecule has 0 fully saturated rings. The van der Waals surface area contributed by atoms with E-state index in [9.17, 15) is 4.79 Å². The number of rotatable bonds is 10. The summed E-state index contributed by atoms with van der Waals surface area (Å²) in [5.41, 5.74) is 1.21. The lowest BCUT2D eigenvalue weighted by Gasteiger charge is -2.16. The number of carbonyl (C=O) groups excluding carboxylic acids is 1. The molecular weight excluding hydrogens is 304 g/mol. The van der Waals surface area contributed by atoms with Crippen LogP contribution in [0.25, 0.3) is 0 Å². The highest BCUT2D eigenvalue weighted by Gasteiger charge is 2.20. The van der Waals surface area contributed by atoms with Gasteiger partial charge in [-0.15, -0.1) is 0 Å². The summed E-state index contributed by atoms with van der Waals surface area (Å²) in [6.45, 7) is 9.66. The predicted molar refractivity (Wildman–Crippen MR) is 98.4 cm³/mol. The first-order valence-corrected chi connectivity index (χ1v) is 12.1. The first-order chi connectivity index (χ1) is 10.9. The van der Waals surface area contributed by atoms with Gasteiger partial charge in [-0.3, -0.25) is 0 Å². The molecule has 0 amide bonds. The molecule has 1 aromatic carbocycles. The number of hydrogen-bond acceptors (Lipinski definition) is 3. The molecule has 1 unspecified atom stereocenters. The normalized spacial score (nSPS) is 13.2. The van der Waals surface area contributed by atoms with Crippen molar-refractivity contribution in [1.82, 2.24) is 0 Å². The van der Waals surface area contributed by atoms with Crippen LogP contribution in [0.2, 0.25) is 25.7 Å². The molecule has 0 saturated heterocycles. The molecule has 0 heterocycles. The van der Waals surface area contributed by atoms with Gasteiger partial charge in [-0.05, 0) is 31.4 Å². The second-order valence-electron chi connectivity index (χ2n) is 6.83. The highest BCUT2D eigenvalue weighted by Crippen LogP contribution is 2.11. The third kappa shape index (κ3) is 9.36. The van der Waals surface area contributed by atoms with E-state index in [2.05, 4.69) is 37.8 Å². The molecule has 0 saturated carbocycles. The second-order valence-corrected chi connectivity index (χ2v) is 12.4. The fourth-order valence-corrected chi connectivity index (χ4v) is 3.00. The average molecular weight is 335 g/mol. The highest BCUT2D eigenvalue weighted by molar-refractivity contribution is 6.76. The van der Waals surface area contributed by atoms with Gasteiger partial charge in [0.2, 0.25) is 0 Å². The number of carbonyl (C=O) groups is 1. The standard InChI is InChI=1S/C19H30O3Si/c1-5-21-19(20)18(14-13-17-11-7-6-8-12-17)22-15-9-10-16-23(2,3)4/h6-12,18H,5,13-16H2,1-4H3/b10-9-. The Morgan fingerprint density at radius 3 is 2.48 bits per heavy atom. The Morgan fingerprint density at radius 1 is 1.17 bits per heavy atom. The molecule has 3 nitrogen and oxygen atoms in total. The Morgan fingerprint density at radius 2 is 1.87 bits per heavy atom. The zero-order valence-corrected chi connectivity index (χ0v) is 15.9. The van der Waals surface area contributed by atoms with Gasteiger partial charge in [-0.2, -0.15) is 0 Å². The lowest BCUT2D eigenvalue weighted by molar-refractivity contribution is -0.156. The Balaban J connectivity index is 2.47. The third-order valence-corrected chi connectivity index (χ3v) is 4.84. The van der Waals surface area contributed by atoms with Crippen LogP contribution >= 0.6 is 0 Å². The van der Waals surface area contributed by atoms with Gasteiger partial charge in [-0.25, -0.2) is 4.79 Å². The Hall–Kier alpha value is -1.39. The van der Waals surface area contributed by atoms with Crippen molar-refractivity contribution >= 4 is 14.0 Å². The molecule has 1 atom stereocenters. The smallest absolute Gasteiger partial charge is 0.335 e. The zero-order valence-electron chi connectivity index (χ0n) is 14.9. The van der Waals surface area contributed by atoms with Crippen molar-refractivity contribution in [1.29, 1.82) is 0 Å². The van der Waals surface area contributed by atoms with Crippen molar-refractivity contribution in [2.24, 2.45) is 0 Å². The molecule has 0 aromatic heterocycles. The SMILES string of the molecule is CCOC(=O)C(CCc1ccccc1)OC/C=C\C[Si](C)(C)C. The summed E-state index contributed by atoms with van der Waals surface area (Å²) in [7, 11) is -1.06. The predicted octanol–water partition coefficient (Wildman–Crippen LogP) is 4.46. The molecule has 0 bridgehead atoms. The van der Waals surface area contributed by atoms with Crippen LogP contribution in [0.1, 0.15) is 18.9 Å². The Kier molecular flexibility index (Phi) is 8.88. The van der Waals surface area contributed by atoms with Crippen molar-refractivity contribution in [2.75, 3.05) is 13.2 Å². The molecule has 0 radical (unpaired) electrons. The first-order valence-electron chi connectivity index (χ1n) is 8.39. The fraction of sp³-hybridized carbons (Fsp3) is 0.526. The maximum atomic E-state index is 12.0. The van der Waals surface area contributed by atoms with Crippen molar-refractivity contribution in [2.45, 2.75) is 51.6 Å². The topological polar surface area (TPSA) is 35.5 Å². The van der Waals surface area contributed by atoms with E-state index in [1.807, 2.05) is 31.2 Å². The van der Waals surface area contributed by atoms with E-state index in [-0.39, 0.29) is 5.97 Å². The maximum absolute atomic E-state index is 12.0. The maximum Gasteiger partial charge on any atom is 0.335 e. The summed E-state index contributed by atoms with van der Waals surface area (Å²) in [6.07, 6.45) is 5.15. The van der Waals surface area contributed by atoms with Crippen LogP contribution < -0.4 is 0 Å². The number of esters is 1. The number of benzene rings is 1. The van der Waals surface area contributed by atoms with Gasteiger partial charge in [0.25, 0.3) is 0 Å². The number of allylic oxidation sites excluding steroid dienone is 1. The van der Waals surface area contributed by atoms with Crippen LogP contribution in [0.4, 0.5) is 0 Å². The lowest BCUT2D eigenvalue weighted by atomic mass is 10.1. The second kappa shape index (κ2) is 10.4. The van der Waals surface area contributed by atoms with Gasteiger partial charge in [-0.1, -0.05) is 62.1 Å². The third-order valence-electron chi connectivity index (χ3n) is 3.38. The summed E-state index contributed by atoms with van der Waals surface area (Å²) in [5.74, 6) is -0.262. The van der Waals surface area contributed by atoms with Crippen LogP contribution in [-0.4, -0.2) is 33.4 Å². The molecule has 23 heavy (non-hydrogen) atoms. The van der Waals surface area contributed by atoms with E-state index < -0.39 is 14.2 Å². The van der Waals surface area contributed by atoms with E-state index in [0.29, 0.717) is 19.6 Å². The van der Waals surface area contributed by atoms with Crippen molar-refractivity contribution in [3.05, 3.63) is 48.0 Å². The molecule has 0 aliphatic heterocycles. The molecule has 1 rings (SSSR count). The van der Waals surface area contributed by atoms with Crippen molar-refractivity contribution in [3.63, 3.8) is 0 Å². The number of hydrogen-bond donors (Lipinski definition) is 0. The molecule has 0 aliphatic carbocycles. The fourth-order valence-electron chi connectivity index (χ4n) is 2.12. The molecular formula is C19H30O3Si. The lowest BCUT2D eigenvalue weighted by Crippen LogP contribution is -2.27. The minimum absolute atomic E-state index is 0.262. The van der Waals surface area contributed by atoms with Crippen LogP contribution in [0, 0.1) is 0 Å². The van der Waals surface area contributed by atoms with Crippen LogP contribution in [0.5, 0.6) is 0 Å². The number of aryl methyl sites for hydroxylation is 1. The molecule has 0 spiro atoms. The largest absolute Gasteiger partial charge is 0.464 e. The first kappa shape index (κ1) is 19.7. The van der Waals surface area contributed by atoms with Crippen LogP contribution in [0.15, 0.2) is 42.5 Å². The molecule has 0 N–H and O–H groups in total. The van der Waals surface area contributed by atoms with E-state index in [1.165, 1.54) is 5.56 Å². The minimum atomic E-state index is -1.06. The molecule has 0 aliphatic rings. The zero-order chi connectivity index (χ0) is 17.1. The van der Waals surface area contributed by atoms with Crippen LogP contribution in [-0.2, 0) is 20.7 Å². The molecule has 1 aromatic rings. The van der Waals surface area contributed by atoms with E-state index in [1.54, 1.807) is 0 Å². The van der Waals surface area contributed by atoms with Gasteiger partial charge in [0.1, 0.15) is 0 Å². The average Bonchev–Trinajstić information content (AvgIpc) is 2.50. The molecule has 128 valence electrons. The summed E-state index contributed by atoms with van der Waals surface area (Å²) >= 11 is 0. The number of ether oxygens (including phenoxy) is 2. The molecule has 4 heteroatoms. The van der Waals surface area contributed by atoms with Gasteiger partial charge < -0.3 is 9.47 Å². The van der Waals surface area contributed by atoms with Crippen molar-refractivity contribution in [3.8, 4) is 0 Å².